The number of hydrogen-bond acceptors (Lipinski definition) is 6. The fraction of sp³-hybridized carbons (Fsp3) is 0. The van der Waals surface area contributed by atoms with Crippen LogP contribution in [0.15, 0.2) is 44.2 Å². The molecule has 6 nitrogen and oxygen atoms in total. The highest BCUT2D eigenvalue weighted by Gasteiger charge is 2.24. The minimum absolute atomic E-state index is 0.0717. The molecule has 3 N–H and O–H groups in total. The third-order valence-corrected chi connectivity index (χ3v) is 4.01. The van der Waals surface area contributed by atoms with Crippen molar-refractivity contribution in [3.05, 3.63) is 30.9 Å². The Morgan fingerprint density at radius 2 is 1.50 bits per heavy atom. The first-order valence-corrected chi connectivity index (χ1v) is 6.52. The summed E-state index contributed by atoms with van der Waals surface area (Å²) >= 11 is 0. The van der Waals surface area contributed by atoms with Gasteiger partial charge in [0.2, 0.25) is 0 Å². The Hall–Kier alpha value is -3.28. The molecule has 0 aliphatic heterocycles. The molecule has 2 aromatic carbocycles. The van der Waals surface area contributed by atoms with E-state index in [1.807, 2.05) is 0 Å². The molecule has 0 saturated carbocycles. The molecule has 6 heteroatoms. The SMILES string of the molecule is Oc1c2cocc2c(O)c2c1oc1cc3occc3c(O)c12. The molecular weight excluding hydrogens is 288 g/mol. The third kappa shape index (κ3) is 1.12. The number of furan rings is 3. The van der Waals surface area contributed by atoms with Gasteiger partial charge in [-0.3, -0.25) is 0 Å². The molecule has 0 fully saturated rings. The lowest BCUT2D eigenvalue weighted by molar-refractivity contribution is 0.469. The topological polar surface area (TPSA) is 100 Å². The molecule has 0 aliphatic carbocycles. The lowest BCUT2D eigenvalue weighted by atomic mass is 10.0. The van der Waals surface area contributed by atoms with Crippen LogP contribution in [-0.2, 0) is 0 Å². The molecule has 0 spiro atoms. The summed E-state index contributed by atoms with van der Waals surface area (Å²) in [7, 11) is 0. The van der Waals surface area contributed by atoms with Crippen molar-refractivity contribution in [3.63, 3.8) is 0 Å². The zero-order valence-electron chi connectivity index (χ0n) is 11.0. The van der Waals surface area contributed by atoms with Crippen molar-refractivity contribution in [2.24, 2.45) is 0 Å². The molecular formula is C16H8O6. The Labute approximate surface area is 121 Å². The molecule has 3 aromatic heterocycles. The van der Waals surface area contributed by atoms with Crippen LogP contribution < -0.4 is 0 Å². The molecule has 0 atom stereocenters. The summed E-state index contributed by atoms with van der Waals surface area (Å²) in [6, 6.07) is 3.23. The van der Waals surface area contributed by atoms with E-state index in [0.29, 0.717) is 32.7 Å². The van der Waals surface area contributed by atoms with Crippen LogP contribution in [0.4, 0.5) is 0 Å². The summed E-state index contributed by atoms with van der Waals surface area (Å²) < 4.78 is 15.9. The van der Waals surface area contributed by atoms with Crippen molar-refractivity contribution < 1.29 is 28.6 Å². The first-order chi connectivity index (χ1) is 10.7. The van der Waals surface area contributed by atoms with E-state index >= 15 is 0 Å². The standard InChI is InChI=1S/C16H8O6/c17-13-6-1-2-21-9(6)3-10-11(13)12-14(18)7-4-20-5-8(7)15(19)16(12)22-10/h1-5,17-19H. The largest absolute Gasteiger partial charge is 0.506 e. The molecule has 22 heavy (non-hydrogen) atoms. The monoisotopic (exact) mass is 296 g/mol. The van der Waals surface area contributed by atoms with E-state index in [1.54, 1.807) is 12.1 Å². The summed E-state index contributed by atoms with van der Waals surface area (Å²) in [4.78, 5) is 0. The van der Waals surface area contributed by atoms with Gasteiger partial charge in [-0.2, -0.15) is 0 Å². The molecule has 0 aliphatic rings. The molecule has 0 radical (unpaired) electrons. The molecule has 3 heterocycles. The molecule has 0 bridgehead atoms. The summed E-state index contributed by atoms with van der Waals surface area (Å²) in [6.45, 7) is 0. The Balaban J connectivity index is 2.16. The maximum absolute atomic E-state index is 10.5. The quantitative estimate of drug-likeness (QED) is 0.370. The van der Waals surface area contributed by atoms with Crippen LogP contribution in [0.3, 0.4) is 0 Å². The molecule has 0 amide bonds. The van der Waals surface area contributed by atoms with Crippen LogP contribution in [0.2, 0.25) is 0 Å². The van der Waals surface area contributed by atoms with Gasteiger partial charge in [-0.1, -0.05) is 0 Å². The molecule has 5 rings (SSSR count). The van der Waals surface area contributed by atoms with Crippen LogP contribution in [0, 0.1) is 0 Å². The highest BCUT2D eigenvalue weighted by molar-refractivity contribution is 6.22. The first kappa shape index (κ1) is 11.4. The van der Waals surface area contributed by atoms with E-state index < -0.39 is 0 Å². The van der Waals surface area contributed by atoms with Crippen LogP contribution >= 0.6 is 0 Å². The number of phenolic OH excluding ortho intramolecular Hbond substituents is 3. The highest BCUT2D eigenvalue weighted by Crippen LogP contribution is 2.50. The molecule has 5 aromatic rings. The molecule has 108 valence electrons. The second-order valence-electron chi connectivity index (χ2n) is 5.13. The number of rotatable bonds is 0. The van der Waals surface area contributed by atoms with Gasteiger partial charge in [0.1, 0.15) is 35.2 Å². The van der Waals surface area contributed by atoms with Gasteiger partial charge in [0.25, 0.3) is 0 Å². The predicted octanol–water partition coefficient (Wildman–Crippen LogP) is 4.20. The van der Waals surface area contributed by atoms with Gasteiger partial charge in [-0.05, 0) is 6.07 Å². The lowest BCUT2D eigenvalue weighted by Gasteiger charge is -2.01. The van der Waals surface area contributed by atoms with Crippen molar-refractivity contribution in [2.45, 2.75) is 0 Å². The van der Waals surface area contributed by atoms with E-state index in [9.17, 15) is 15.3 Å². The predicted molar refractivity (Wildman–Crippen MR) is 78.3 cm³/mol. The van der Waals surface area contributed by atoms with Crippen molar-refractivity contribution in [3.8, 4) is 17.2 Å². The van der Waals surface area contributed by atoms with Crippen LogP contribution in [0.1, 0.15) is 0 Å². The van der Waals surface area contributed by atoms with Gasteiger partial charge >= 0.3 is 0 Å². The van der Waals surface area contributed by atoms with E-state index in [4.69, 9.17) is 13.3 Å². The summed E-state index contributed by atoms with van der Waals surface area (Å²) in [5.41, 5.74) is 0.853. The van der Waals surface area contributed by atoms with Gasteiger partial charge in [-0.25, -0.2) is 0 Å². The number of benzene rings is 2. The number of hydrogen-bond donors (Lipinski definition) is 3. The second-order valence-corrected chi connectivity index (χ2v) is 5.13. The lowest BCUT2D eigenvalue weighted by Crippen LogP contribution is -1.75. The van der Waals surface area contributed by atoms with Crippen LogP contribution in [0.5, 0.6) is 17.2 Å². The fourth-order valence-corrected chi connectivity index (χ4v) is 2.98. The summed E-state index contributed by atoms with van der Waals surface area (Å²) in [5.74, 6) is -0.338. The zero-order chi connectivity index (χ0) is 15.0. The van der Waals surface area contributed by atoms with E-state index in [0.717, 1.165) is 0 Å². The Kier molecular flexibility index (Phi) is 1.80. The summed E-state index contributed by atoms with van der Waals surface area (Å²) in [6.07, 6.45) is 4.11. The fourth-order valence-electron chi connectivity index (χ4n) is 2.98. The summed E-state index contributed by atoms with van der Waals surface area (Å²) in [5, 5.41) is 33.1. The van der Waals surface area contributed by atoms with Crippen LogP contribution in [-0.4, -0.2) is 15.3 Å². The van der Waals surface area contributed by atoms with E-state index in [-0.39, 0.29) is 28.2 Å². The minimum Gasteiger partial charge on any atom is -0.506 e. The minimum atomic E-state index is -0.149. The third-order valence-electron chi connectivity index (χ3n) is 4.01. The highest BCUT2D eigenvalue weighted by atomic mass is 16.4. The Morgan fingerprint density at radius 3 is 2.32 bits per heavy atom. The second kappa shape index (κ2) is 3.48. The van der Waals surface area contributed by atoms with Gasteiger partial charge in [0, 0.05) is 6.07 Å². The zero-order valence-corrected chi connectivity index (χ0v) is 11.0. The van der Waals surface area contributed by atoms with Crippen molar-refractivity contribution in [2.75, 3.05) is 0 Å². The van der Waals surface area contributed by atoms with Crippen LogP contribution in [0.25, 0.3) is 43.7 Å². The Morgan fingerprint density at radius 1 is 0.773 bits per heavy atom. The molecule has 0 saturated heterocycles. The smallest absolute Gasteiger partial charge is 0.181 e. The van der Waals surface area contributed by atoms with E-state index in [1.165, 1.54) is 18.8 Å². The van der Waals surface area contributed by atoms with Gasteiger partial charge in [0.15, 0.2) is 11.3 Å². The van der Waals surface area contributed by atoms with Crippen molar-refractivity contribution in [1.82, 2.24) is 0 Å². The van der Waals surface area contributed by atoms with Gasteiger partial charge in [0.05, 0.1) is 33.2 Å². The Bertz CT molecular complexity index is 1200. The molecule has 0 unspecified atom stereocenters. The normalized spacial score (nSPS) is 12.2. The average molecular weight is 296 g/mol. The number of phenols is 3. The number of aromatic hydroxyl groups is 3. The first-order valence-electron chi connectivity index (χ1n) is 6.52. The van der Waals surface area contributed by atoms with E-state index in [2.05, 4.69) is 0 Å². The average Bonchev–Trinajstić information content (AvgIpc) is 3.22. The van der Waals surface area contributed by atoms with Crippen molar-refractivity contribution >= 4 is 43.7 Å². The number of fused-ring (bicyclic) bond motifs is 5. The van der Waals surface area contributed by atoms with Gasteiger partial charge < -0.3 is 28.6 Å². The maximum atomic E-state index is 10.5. The van der Waals surface area contributed by atoms with Gasteiger partial charge in [-0.15, -0.1) is 0 Å². The van der Waals surface area contributed by atoms with Crippen molar-refractivity contribution in [1.29, 1.82) is 0 Å². The maximum Gasteiger partial charge on any atom is 0.181 e.